The first kappa shape index (κ1) is 15.6. The quantitative estimate of drug-likeness (QED) is 0.863. The zero-order valence-corrected chi connectivity index (χ0v) is 14.6. The molecule has 0 amide bonds. The zero-order chi connectivity index (χ0) is 15.7. The van der Waals surface area contributed by atoms with Crippen LogP contribution in [0.2, 0.25) is 0 Å². The number of hydrogen-bond acceptors (Lipinski definition) is 6. The summed E-state index contributed by atoms with van der Waals surface area (Å²) in [4.78, 5) is 12.6. The van der Waals surface area contributed by atoms with Gasteiger partial charge in [-0.25, -0.2) is 4.98 Å². The van der Waals surface area contributed by atoms with Crippen LogP contribution in [0, 0.1) is 12.8 Å². The van der Waals surface area contributed by atoms with E-state index in [9.17, 15) is 0 Å². The second-order valence-electron chi connectivity index (χ2n) is 6.59. The Morgan fingerprint density at radius 2 is 2.00 bits per heavy atom. The van der Waals surface area contributed by atoms with E-state index in [4.69, 9.17) is 4.52 Å². The van der Waals surface area contributed by atoms with Crippen molar-refractivity contribution in [2.75, 3.05) is 20.1 Å². The Labute approximate surface area is 135 Å². The van der Waals surface area contributed by atoms with Crippen LogP contribution in [-0.4, -0.2) is 40.2 Å². The van der Waals surface area contributed by atoms with E-state index in [1.54, 1.807) is 11.3 Å². The van der Waals surface area contributed by atoms with Crippen molar-refractivity contribution in [3.8, 4) is 10.8 Å². The summed E-state index contributed by atoms with van der Waals surface area (Å²) in [6.07, 6.45) is 3.36. The fourth-order valence-corrected chi connectivity index (χ4v) is 3.81. The smallest absolute Gasteiger partial charge is 0.269 e. The molecule has 6 heteroatoms. The van der Waals surface area contributed by atoms with Crippen LogP contribution >= 0.6 is 11.3 Å². The van der Waals surface area contributed by atoms with Gasteiger partial charge in [0.05, 0.1) is 10.7 Å². The van der Waals surface area contributed by atoms with Gasteiger partial charge in [0.15, 0.2) is 5.82 Å². The third kappa shape index (κ3) is 3.38. The van der Waals surface area contributed by atoms with Gasteiger partial charge in [-0.05, 0) is 45.8 Å². The van der Waals surface area contributed by atoms with Crippen LogP contribution in [0.4, 0.5) is 0 Å². The Morgan fingerprint density at radius 1 is 1.27 bits per heavy atom. The lowest BCUT2D eigenvalue weighted by atomic mass is 9.94. The summed E-state index contributed by atoms with van der Waals surface area (Å²) in [5, 5.41) is 5.31. The summed E-state index contributed by atoms with van der Waals surface area (Å²) in [6.45, 7) is 8.66. The van der Waals surface area contributed by atoms with Gasteiger partial charge in [0, 0.05) is 12.3 Å². The highest BCUT2D eigenvalue weighted by Gasteiger charge is 2.21. The van der Waals surface area contributed by atoms with E-state index >= 15 is 0 Å². The summed E-state index contributed by atoms with van der Waals surface area (Å²) in [5.74, 6) is 2.57. The predicted molar refractivity (Wildman–Crippen MR) is 88.2 cm³/mol. The number of piperidine rings is 1. The summed E-state index contributed by atoms with van der Waals surface area (Å²) in [6, 6.07) is 0. The first-order chi connectivity index (χ1) is 10.5. The van der Waals surface area contributed by atoms with Crippen LogP contribution in [0.3, 0.4) is 0 Å². The first-order valence-corrected chi connectivity index (χ1v) is 8.83. The molecule has 2 aromatic rings. The van der Waals surface area contributed by atoms with Crippen LogP contribution in [0.1, 0.15) is 49.1 Å². The van der Waals surface area contributed by atoms with Crippen LogP contribution in [0.15, 0.2) is 4.52 Å². The fourth-order valence-electron chi connectivity index (χ4n) is 2.82. The van der Waals surface area contributed by atoms with E-state index < -0.39 is 0 Å². The normalized spacial score (nSPS) is 17.5. The maximum Gasteiger partial charge on any atom is 0.269 e. The van der Waals surface area contributed by atoms with Crippen LogP contribution in [0.5, 0.6) is 0 Å². The lowest BCUT2D eigenvalue weighted by Crippen LogP contribution is -2.31. The molecular formula is C16H24N4OS. The summed E-state index contributed by atoms with van der Waals surface area (Å²) in [5.41, 5.74) is 0.989. The van der Waals surface area contributed by atoms with Crippen LogP contribution in [0.25, 0.3) is 10.8 Å². The molecule has 1 aliphatic rings. The molecule has 1 saturated heterocycles. The predicted octanol–water partition coefficient (Wildman–Crippen LogP) is 3.51. The molecule has 0 atom stereocenters. The molecule has 0 radical (unpaired) electrons. The number of aryl methyl sites for hydroxylation is 1. The minimum atomic E-state index is 0.430. The monoisotopic (exact) mass is 320 g/mol. The van der Waals surface area contributed by atoms with Gasteiger partial charge in [-0.15, -0.1) is 11.3 Å². The van der Waals surface area contributed by atoms with E-state index in [0.717, 1.165) is 27.8 Å². The van der Waals surface area contributed by atoms with Crippen molar-refractivity contribution < 1.29 is 4.52 Å². The maximum atomic E-state index is 5.49. The highest BCUT2D eigenvalue weighted by molar-refractivity contribution is 7.15. The number of thiazole rings is 1. The average molecular weight is 320 g/mol. The van der Waals surface area contributed by atoms with E-state index in [-0.39, 0.29) is 0 Å². The molecule has 0 aliphatic carbocycles. The SMILES string of the molecule is Cc1nc(C(C)C)sc1-c1nc(CC2CCN(C)CC2)no1. The molecule has 0 aromatic carbocycles. The molecule has 2 aromatic heterocycles. The topological polar surface area (TPSA) is 55.1 Å². The molecule has 0 spiro atoms. The molecule has 120 valence electrons. The van der Waals surface area contributed by atoms with Gasteiger partial charge in [-0.1, -0.05) is 19.0 Å². The molecule has 1 aliphatic heterocycles. The molecule has 22 heavy (non-hydrogen) atoms. The molecule has 3 heterocycles. The molecule has 0 N–H and O–H groups in total. The number of aromatic nitrogens is 3. The van der Waals surface area contributed by atoms with Crippen molar-refractivity contribution in [3.63, 3.8) is 0 Å². The largest absolute Gasteiger partial charge is 0.333 e. The average Bonchev–Trinajstić information content (AvgIpc) is 3.08. The molecule has 3 rings (SSSR count). The van der Waals surface area contributed by atoms with E-state index in [0.29, 0.717) is 17.7 Å². The number of nitrogens with zero attached hydrogens (tertiary/aromatic N) is 4. The Balaban J connectivity index is 1.71. The van der Waals surface area contributed by atoms with Gasteiger partial charge in [-0.3, -0.25) is 0 Å². The summed E-state index contributed by atoms with van der Waals surface area (Å²) >= 11 is 1.67. The first-order valence-electron chi connectivity index (χ1n) is 8.01. The maximum absolute atomic E-state index is 5.49. The minimum absolute atomic E-state index is 0.430. The van der Waals surface area contributed by atoms with Crippen LogP contribution in [-0.2, 0) is 6.42 Å². The molecule has 0 saturated carbocycles. The van der Waals surface area contributed by atoms with Gasteiger partial charge < -0.3 is 9.42 Å². The standard InChI is InChI=1S/C16H24N4OS/c1-10(2)16-17-11(3)14(22-16)15-18-13(19-21-15)9-12-5-7-20(4)8-6-12/h10,12H,5-9H2,1-4H3. The molecular weight excluding hydrogens is 296 g/mol. The lowest BCUT2D eigenvalue weighted by Gasteiger charge is -2.27. The van der Waals surface area contributed by atoms with Gasteiger partial charge in [-0.2, -0.15) is 4.98 Å². The van der Waals surface area contributed by atoms with Gasteiger partial charge >= 0.3 is 0 Å². The van der Waals surface area contributed by atoms with Crippen molar-refractivity contribution in [1.82, 2.24) is 20.0 Å². The molecule has 1 fully saturated rings. The highest BCUT2D eigenvalue weighted by atomic mass is 32.1. The lowest BCUT2D eigenvalue weighted by molar-refractivity contribution is 0.216. The van der Waals surface area contributed by atoms with Crippen molar-refractivity contribution in [3.05, 3.63) is 16.5 Å². The van der Waals surface area contributed by atoms with E-state index in [1.165, 1.54) is 25.9 Å². The minimum Gasteiger partial charge on any atom is -0.333 e. The molecule has 5 nitrogen and oxygen atoms in total. The van der Waals surface area contributed by atoms with Crippen molar-refractivity contribution >= 4 is 11.3 Å². The number of hydrogen-bond donors (Lipinski definition) is 0. The number of rotatable bonds is 4. The summed E-state index contributed by atoms with van der Waals surface area (Å²) < 4.78 is 5.49. The zero-order valence-electron chi connectivity index (χ0n) is 13.8. The third-order valence-corrected chi connectivity index (χ3v) is 5.72. The van der Waals surface area contributed by atoms with Gasteiger partial charge in [0.1, 0.15) is 4.88 Å². The van der Waals surface area contributed by atoms with Gasteiger partial charge in [0.25, 0.3) is 5.89 Å². The highest BCUT2D eigenvalue weighted by Crippen LogP contribution is 2.32. The Hall–Kier alpha value is -1.27. The molecule has 0 bridgehead atoms. The summed E-state index contributed by atoms with van der Waals surface area (Å²) in [7, 11) is 2.18. The second-order valence-corrected chi connectivity index (χ2v) is 7.62. The fraction of sp³-hybridized carbons (Fsp3) is 0.688. The third-order valence-electron chi connectivity index (χ3n) is 4.28. The van der Waals surface area contributed by atoms with Crippen LogP contribution < -0.4 is 0 Å². The second kappa shape index (κ2) is 6.46. The molecule has 0 unspecified atom stereocenters. The Morgan fingerprint density at radius 3 is 2.64 bits per heavy atom. The van der Waals surface area contributed by atoms with Gasteiger partial charge in [0.2, 0.25) is 0 Å². The van der Waals surface area contributed by atoms with E-state index in [1.807, 2.05) is 6.92 Å². The van der Waals surface area contributed by atoms with E-state index in [2.05, 4.69) is 40.9 Å². The van der Waals surface area contributed by atoms with Crippen molar-refractivity contribution in [1.29, 1.82) is 0 Å². The number of likely N-dealkylation sites (tertiary alicyclic amines) is 1. The Bertz CT molecular complexity index is 626. The Kier molecular flexibility index (Phi) is 4.59. The van der Waals surface area contributed by atoms with Crippen molar-refractivity contribution in [2.45, 2.75) is 46.0 Å². The van der Waals surface area contributed by atoms with Crippen molar-refractivity contribution in [2.24, 2.45) is 5.92 Å².